The van der Waals surface area contributed by atoms with Gasteiger partial charge in [-0.3, -0.25) is 4.79 Å². The number of carbonyl (C=O) groups is 1. The van der Waals surface area contributed by atoms with Crippen molar-refractivity contribution in [3.8, 4) is 11.3 Å². The summed E-state index contributed by atoms with van der Waals surface area (Å²) in [5.41, 5.74) is 4.61. The Kier molecular flexibility index (Phi) is 7.03. The van der Waals surface area contributed by atoms with Gasteiger partial charge in [0.05, 0.1) is 22.0 Å². The number of thioether (sulfide) groups is 1. The molecule has 1 aromatic carbocycles. The second kappa shape index (κ2) is 9.50. The largest absolute Gasteiger partial charge is 0.352 e. The molecule has 29 heavy (non-hydrogen) atoms. The third-order valence-corrected chi connectivity index (χ3v) is 6.03. The fourth-order valence-corrected chi connectivity index (χ4v) is 4.23. The first-order valence-electron chi connectivity index (χ1n) is 9.61. The SMILES string of the molecule is CSc1nc(C(C)C)nc(C)c1C(=O)NCCc1ccc(-c2csc(C)n2)cc1. The maximum Gasteiger partial charge on any atom is 0.255 e. The summed E-state index contributed by atoms with van der Waals surface area (Å²) in [7, 11) is 0. The van der Waals surface area contributed by atoms with Gasteiger partial charge in [0, 0.05) is 23.4 Å². The molecule has 2 heterocycles. The number of hydrogen-bond donors (Lipinski definition) is 1. The minimum atomic E-state index is -0.114. The highest BCUT2D eigenvalue weighted by Crippen LogP contribution is 2.24. The number of nitrogens with one attached hydrogen (secondary N) is 1. The summed E-state index contributed by atoms with van der Waals surface area (Å²) >= 11 is 3.14. The molecule has 0 saturated carbocycles. The van der Waals surface area contributed by atoms with Crippen molar-refractivity contribution in [2.75, 3.05) is 12.8 Å². The van der Waals surface area contributed by atoms with Crippen molar-refractivity contribution in [3.63, 3.8) is 0 Å². The van der Waals surface area contributed by atoms with E-state index in [-0.39, 0.29) is 11.8 Å². The molecule has 1 amide bonds. The summed E-state index contributed by atoms with van der Waals surface area (Å²) in [6.45, 7) is 8.56. The molecule has 0 spiro atoms. The fourth-order valence-electron chi connectivity index (χ4n) is 2.98. The van der Waals surface area contributed by atoms with Crippen molar-refractivity contribution >= 4 is 29.0 Å². The summed E-state index contributed by atoms with van der Waals surface area (Å²) in [5.74, 6) is 0.892. The lowest BCUT2D eigenvalue weighted by Crippen LogP contribution is -2.28. The topological polar surface area (TPSA) is 67.8 Å². The predicted molar refractivity (Wildman–Crippen MR) is 121 cm³/mol. The summed E-state index contributed by atoms with van der Waals surface area (Å²) < 4.78 is 0. The van der Waals surface area contributed by atoms with Crippen LogP contribution in [0.5, 0.6) is 0 Å². The Labute approximate surface area is 180 Å². The molecule has 0 unspecified atom stereocenters. The molecule has 3 aromatic rings. The highest BCUT2D eigenvalue weighted by atomic mass is 32.2. The van der Waals surface area contributed by atoms with Gasteiger partial charge in [0.1, 0.15) is 10.9 Å². The quantitative estimate of drug-likeness (QED) is 0.424. The molecule has 3 rings (SSSR count). The molecule has 0 aliphatic heterocycles. The van der Waals surface area contributed by atoms with Crippen molar-refractivity contribution in [1.82, 2.24) is 20.3 Å². The second-order valence-corrected chi connectivity index (χ2v) is 9.02. The molecule has 0 aliphatic rings. The van der Waals surface area contributed by atoms with Crippen molar-refractivity contribution in [2.45, 2.75) is 45.1 Å². The monoisotopic (exact) mass is 426 g/mol. The third-order valence-electron chi connectivity index (χ3n) is 4.58. The smallest absolute Gasteiger partial charge is 0.255 e. The van der Waals surface area contributed by atoms with Gasteiger partial charge in [-0.1, -0.05) is 38.1 Å². The van der Waals surface area contributed by atoms with Gasteiger partial charge in [0.25, 0.3) is 5.91 Å². The van der Waals surface area contributed by atoms with E-state index in [1.807, 2.05) is 20.1 Å². The maximum absolute atomic E-state index is 12.7. The molecule has 2 aromatic heterocycles. The zero-order chi connectivity index (χ0) is 21.0. The van der Waals surface area contributed by atoms with Crippen LogP contribution in [-0.4, -0.2) is 33.7 Å². The van der Waals surface area contributed by atoms with Gasteiger partial charge in [-0.2, -0.15) is 0 Å². The highest BCUT2D eigenvalue weighted by Gasteiger charge is 2.19. The minimum Gasteiger partial charge on any atom is -0.352 e. The lowest BCUT2D eigenvalue weighted by Gasteiger charge is -2.13. The van der Waals surface area contributed by atoms with E-state index in [2.05, 4.69) is 63.8 Å². The van der Waals surface area contributed by atoms with Crippen LogP contribution in [0, 0.1) is 13.8 Å². The van der Waals surface area contributed by atoms with Gasteiger partial charge in [-0.05, 0) is 32.1 Å². The van der Waals surface area contributed by atoms with Crippen LogP contribution >= 0.6 is 23.1 Å². The molecule has 0 saturated heterocycles. The first kappa shape index (κ1) is 21.5. The number of aromatic nitrogens is 3. The number of aryl methyl sites for hydroxylation is 2. The van der Waals surface area contributed by atoms with Crippen LogP contribution in [0.1, 0.15) is 52.2 Å². The molecule has 7 heteroatoms. The normalized spacial score (nSPS) is 11.1. The zero-order valence-electron chi connectivity index (χ0n) is 17.4. The van der Waals surface area contributed by atoms with Crippen molar-refractivity contribution < 1.29 is 4.79 Å². The van der Waals surface area contributed by atoms with Crippen molar-refractivity contribution in [2.24, 2.45) is 0 Å². The van der Waals surface area contributed by atoms with E-state index in [1.54, 1.807) is 11.3 Å². The van der Waals surface area contributed by atoms with Gasteiger partial charge < -0.3 is 5.32 Å². The number of nitrogens with zero attached hydrogens (tertiary/aromatic N) is 3. The Morgan fingerprint density at radius 1 is 1.14 bits per heavy atom. The predicted octanol–water partition coefficient (Wildman–Crippen LogP) is 5.03. The number of rotatable bonds is 7. The third kappa shape index (κ3) is 5.22. The van der Waals surface area contributed by atoms with E-state index in [4.69, 9.17) is 0 Å². The van der Waals surface area contributed by atoms with Crippen LogP contribution in [0.15, 0.2) is 34.7 Å². The molecule has 0 fully saturated rings. The van der Waals surface area contributed by atoms with Gasteiger partial charge in [-0.25, -0.2) is 15.0 Å². The van der Waals surface area contributed by atoms with Crippen LogP contribution in [-0.2, 0) is 6.42 Å². The zero-order valence-corrected chi connectivity index (χ0v) is 19.1. The summed E-state index contributed by atoms with van der Waals surface area (Å²) in [6, 6.07) is 8.35. The fraction of sp³-hybridized carbons (Fsp3) is 0.364. The lowest BCUT2D eigenvalue weighted by molar-refractivity contribution is 0.0949. The first-order valence-corrected chi connectivity index (χ1v) is 11.7. The number of thiazole rings is 1. The Balaban J connectivity index is 1.63. The molecule has 0 bridgehead atoms. The Bertz CT molecular complexity index is 997. The average Bonchev–Trinajstić information content (AvgIpc) is 3.13. The summed E-state index contributed by atoms with van der Waals surface area (Å²) in [5, 5.41) is 6.90. The van der Waals surface area contributed by atoms with Crippen LogP contribution in [0.3, 0.4) is 0 Å². The highest BCUT2D eigenvalue weighted by molar-refractivity contribution is 7.98. The Hall–Kier alpha value is -2.25. The summed E-state index contributed by atoms with van der Waals surface area (Å²) in [4.78, 5) is 26.3. The van der Waals surface area contributed by atoms with Gasteiger partial charge in [-0.15, -0.1) is 23.1 Å². The molecule has 0 radical (unpaired) electrons. The van der Waals surface area contributed by atoms with Crippen LogP contribution in [0.25, 0.3) is 11.3 Å². The summed E-state index contributed by atoms with van der Waals surface area (Å²) in [6.07, 6.45) is 2.70. The van der Waals surface area contributed by atoms with E-state index in [0.717, 1.165) is 39.2 Å². The van der Waals surface area contributed by atoms with E-state index < -0.39 is 0 Å². The average molecular weight is 427 g/mol. The van der Waals surface area contributed by atoms with E-state index in [0.29, 0.717) is 12.1 Å². The Morgan fingerprint density at radius 2 is 1.86 bits per heavy atom. The molecule has 0 atom stereocenters. The Morgan fingerprint density at radius 3 is 2.45 bits per heavy atom. The molecular weight excluding hydrogens is 400 g/mol. The van der Waals surface area contributed by atoms with Crippen molar-refractivity contribution in [1.29, 1.82) is 0 Å². The minimum absolute atomic E-state index is 0.114. The van der Waals surface area contributed by atoms with Gasteiger partial charge in [0.2, 0.25) is 0 Å². The molecule has 152 valence electrons. The molecule has 1 N–H and O–H groups in total. The van der Waals surface area contributed by atoms with E-state index in [9.17, 15) is 4.79 Å². The van der Waals surface area contributed by atoms with Crippen LogP contribution in [0.4, 0.5) is 0 Å². The maximum atomic E-state index is 12.7. The second-order valence-electron chi connectivity index (χ2n) is 7.16. The number of hydrogen-bond acceptors (Lipinski definition) is 6. The van der Waals surface area contributed by atoms with Crippen LogP contribution in [0.2, 0.25) is 0 Å². The van der Waals surface area contributed by atoms with Gasteiger partial charge in [0.15, 0.2) is 0 Å². The molecule has 0 aliphatic carbocycles. The number of carbonyl (C=O) groups excluding carboxylic acids is 1. The standard InChI is InChI=1S/C22H26N4OS2/c1-13(2)20-24-14(3)19(22(26-20)28-5)21(27)23-11-10-16-6-8-17(9-7-16)18-12-29-15(4)25-18/h6-9,12-13H,10-11H2,1-5H3,(H,23,27). The number of amides is 1. The number of benzene rings is 1. The van der Waals surface area contributed by atoms with E-state index >= 15 is 0 Å². The first-order chi connectivity index (χ1) is 13.9. The van der Waals surface area contributed by atoms with E-state index in [1.165, 1.54) is 17.3 Å². The molecule has 5 nitrogen and oxygen atoms in total. The van der Waals surface area contributed by atoms with Crippen LogP contribution < -0.4 is 5.32 Å². The van der Waals surface area contributed by atoms with Crippen molar-refractivity contribution in [3.05, 3.63) is 57.3 Å². The van der Waals surface area contributed by atoms with Gasteiger partial charge >= 0.3 is 0 Å². The lowest BCUT2D eigenvalue weighted by atomic mass is 10.1. The molecular formula is C22H26N4OS2.